The van der Waals surface area contributed by atoms with Gasteiger partial charge in [0.2, 0.25) is 0 Å². The number of fused-ring (bicyclic) bond motifs is 3. The first-order valence-corrected chi connectivity index (χ1v) is 10.9. The van der Waals surface area contributed by atoms with Crippen molar-refractivity contribution in [1.82, 2.24) is 15.0 Å². The van der Waals surface area contributed by atoms with Crippen LogP contribution in [0.15, 0.2) is 66.9 Å². The summed E-state index contributed by atoms with van der Waals surface area (Å²) in [6, 6.07) is 22.6. The van der Waals surface area contributed by atoms with Crippen molar-refractivity contribution in [3.05, 3.63) is 83.8 Å². The van der Waals surface area contributed by atoms with E-state index in [-0.39, 0.29) is 0 Å². The molecule has 160 valence electrons. The maximum Gasteiger partial charge on any atom is 0.124 e. The molecular formula is C27H21N5O. The summed E-state index contributed by atoms with van der Waals surface area (Å²) in [5.74, 6) is 1.84. The number of ether oxygens (including phenoxy) is 1. The standard InChI is InChI=1S/C27H21N5O/c1-17-30-23-6-3-20(14-25(23)31-17)19-4-7-27-21(13-19)16-32(10-11-33-27)26-8-9-29-24-12-18(15-28)2-5-22(24)26/h2-9,12-14H,10-11,16H2,1H3,(H,30,31). The number of rotatable bonds is 2. The summed E-state index contributed by atoms with van der Waals surface area (Å²) >= 11 is 0. The topological polar surface area (TPSA) is 77.8 Å². The lowest BCUT2D eigenvalue weighted by molar-refractivity contribution is 0.332. The summed E-state index contributed by atoms with van der Waals surface area (Å²) in [4.78, 5) is 14.6. The van der Waals surface area contributed by atoms with Crippen LogP contribution < -0.4 is 9.64 Å². The predicted molar refractivity (Wildman–Crippen MR) is 129 cm³/mol. The highest BCUT2D eigenvalue weighted by Gasteiger charge is 2.19. The quantitative estimate of drug-likeness (QED) is 0.407. The predicted octanol–water partition coefficient (Wildman–Crippen LogP) is 5.36. The van der Waals surface area contributed by atoms with E-state index in [1.165, 1.54) is 0 Å². The molecule has 1 aliphatic heterocycles. The molecule has 0 aliphatic carbocycles. The molecule has 3 heterocycles. The number of nitrogens with zero attached hydrogens (tertiary/aromatic N) is 4. The summed E-state index contributed by atoms with van der Waals surface area (Å²) in [7, 11) is 0. The number of aromatic nitrogens is 3. The fraction of sp³-hybridized carbons (Fsp3) is 0.148. The molecule has 0 bridgehead atoms. The van der Waals surface area contributed by atoms with Crippen molar-refractivity contribution in [2.24, 2.45) is 0 Å². The Bertz CT molecular complexity index is 1560. The van der Waals surface area contributed by atoms with Crippen LogP contribution in [0.2, 0.25) is 0 Å². The Morgan fingerprint density at radius 1 is 1.00 bits per heavy atom. The van der Waals surface area contributed by atoms with Gasteiger partial charge in [-0.15, -0.1) is 0 Å². The maximum absolute atomic E-state index is 9.23. The lowest BCUT2D eigenvalue weighted by atomic mass is 10.0. The second-order valence-corrected chi connectivity index (χ2v) is 8.32. The molecule has 0 saturated carbocycles. The van der Waals surface area contributed by atoms with Gasteiger partial charge in [-0.1, -0.05) is 12.1 Å². The van der Waals surface area contributed by atoms with Crippen molar-refractivity contribution in [3.63, 3.8) is 0 Å². The fourth-order valence-corrected chi connectivity index (χ4v) is 4.57. The van der Waals surface area contributed by atoms with Gasteiger partial charge in [0, 0.05) is 29.4 Å². The van der Waals surface area contributed by atoms with Gasteiger partial charge in [-0.05, 0) is 66.6 Å². The van der Waals surface area contributed by atoms with Gasteiger partial charge >= 0.3 is 0 Å². The minimum atomic E-state index is 0.603. The third-order valence-corrected chi connectivity index (χ3v) is 6.16. The number of aryl methyl sites for hydroxylation is 1. The first kappa shape index (κ1) is 19.3. The first-order valence-electron chi connectivity index (χ1n) is 10.9. The number of anilines is 1. The monoisotopic (exact) mass is 431 g/mol. The second kappa shape index (κ2) is 7.64. The van der Waals surface area contributed by atoms with Gasteiger partial charge in [0.05, 0.1) is 34.7 Å². The van der Waals surface area contributed by atoms with Gasteiger partial charge < -0.3 is 14.6 Å². The number of benzene rings is 3. The highest BCUT2D eigenvalue weighted by Crippen LogP contribution is 2.34. The number of aromatic amines is 1. The molecule has 0 saturated heterocycles. The minimum absolute atomic E-state index is 0.603. The zero-order valence-corrected chi connectivity index (χ0v) is 18.2. The normalized spacial score (nSPS) is 13.4. The van der Waals surface area contributed by atoms with Crippen LogP contribution in [0.25, 0.3) is 33.1 Å². The molecule has 0 amide bonds. The first-order chi connectivity index (χ1) is 16.2. The van der Waals surface area contributed by atoms with Crippen molar-refractivity contribution >= 4 is 27.6 Å². The van der Waals surface area contributed by atoms with E-state index >= 15 is 0 Å². The van der Waals surface area contributed by atoms with E-state index in [1.807, 2.05) is 37.4 Å². The molecule has 2 aromatic heterocycles. The molecule has 6 rings (SSSR count). The molecule has 6 nitrogen and oxygen atoms in total. The van der Waals surface area contributed by atoms with Crippen LogP contribution in [-0.2, 0) is 6.54 Å². The molecule has 6 heteroatoms. The van der Waals surface area contributed by atoms with Crippen molar-refractivity contribution in [2.45, 2.75) is 13.5 Å². The number of imidazole rings is 1. The minimum Gasteiger partial charge on any atom is -0.491 e. The molecule has 3 aromatic carbocycles. The molecule has 1 N–H and O–H groups in total. The average Bonchev–Trinajstić information content (AvgIpc) is 3.09. The largest absolute Gasteiger partial charge is 0.491 e. The molecule has 0 atom stereocenters. The smallest absolute Gasteiger partial charge is 0.124 e. The number of pyridine rings is 1. The van der Waals surface area contributed by atoms with Crippen LogP contribution in [0.1, 0.15) is 17.0 Å². The van der Waals surface area contributed by atoms with E-state index in [9.17, 15) is 5.26 Å². The Labute approximate surface area is 191 Å². The van der Waals surface area contributed by atoms with Crippen LogP contribution in [0.5, 0.6) is 5.75 Å². The number of nitriles is 1. The zero-order chi connectivity index (χ0) is 22.4. The van der Waals surface area contributed by atoms with E-state index < -0.39 is 0 Å². The van der Waals surface area contributed by atoms with Gasteiger partial charge in [0.15, 0.2) is 0 Å². The zero-order valence-electron chi connectivity index (χ0n) is 18.2. The number of H-pyrrole nitrogens is 1. The molecule has 0 fully saturated rings. The SMILES string of the molecule is Cc1nc2ccc(-c3ccc4c(c3)CN(c3ccnc5cc(C#N)ccc35)CCO4)cc2[nH]1. The molecule has 1 aliphatic rings. The van der Waals surface area contributed by atoms with Crippen molar-refractivity contribution < 1.29 is 4.74 Å². The van der Waals surface area contributed by atoms with Gasteiger partial charge in [-0.25, -0.2) is 4.98 Å². The lowest BCUT2D eigenvalue weighted by Gasteiger charge is -2.23. The lowest BCUT2D eigenvalue weighted by Crippen LogP contribution is -2.25. The summed E-state index contributed by atoms with van der Waals surface area (Å²) < 4.78 is 6.10. The third kappa shape index (κ3) is 3.44. The summed E-state index contributed by atoms with van der Waals surface area (Å²) in [6.45, 7) is 4.07. The van der Waals surface area contributed by atoms with E-state index in [1.54, 1.807) is 0 Å². The Balaban J connectivity index is 1.39. The van der Waals surface area contributed by atoms with Gasteiger partial charge in [-0.3, -0.25) is 4.98 Å². The highest BCUT2D eigenvalue weighted by molar-refractivity contribution is 5.92. The molecule has 0 spiro atoms. The maximum atomic E-state index is 9.23. The summed E-state index contributed by atoms with van der Waals surface area (Å²) in [6.07, 6.45) is 1.81. The average molecular weight is 431 g/mol. The van der Waals surface area contributed by atoms with Crippen LogP contribution in [0, 0.1) is 18.3 Å². The molecule has 0 radical (unpaired) electrons. The van der Waals surface area contributed by atoms with E-state index in [0.29, 0.717) is 12.2 Å². The van der Waals surface area contributed by atoms with Gasteiger partial charge in [0.25, 0.3) is 0 Å². The molecular weight excluding hydrogens is 410 g/mol. The Hall–Kier alpha value is -4.37. The molecule has 33 heavy (non-hydrogen) atoms. The van der Waals surface area contributed by atoms with Crippen molar-refractivity contribution in [2.75, 3.05) is 18.1 Å². The van der Waals surface area contributed by atoms with E-state index in [0.717, 1.165) is 69.0 Å². The molecule has 0 unspecified atom stereocenters. The summed E-state index contributed by atoms with van der Waals surface area (Å²) in [5.41, 5.74) is 7.99. The number of hydrogen-bond donors (Lipinski definition) is 1. The van der Waals surface area contributed by atoms with Crippen LogP contribution in [-0.4, -0.2) is 28.1 Å². The van der Waals surface area contributed by atoms with E-state index in [4.69, 9.17) is 4.74 Å². The Kier molecular flexibility index (Phi) is 4.48. The Morgan fingerprint density at radius 2 is 1.88 bits per heavy atom. The second-order valence-electron chi connectivity index (χ2n) is 8.32. The Morgan fingerprint density at radius 3 is 2.79 bits per heavy atom. The van der Waals surface area contributed by atoms with Crippen LogP contribution in [0.4, 0.5) is 5.69 Å². The summed E-state index contributed by atoms with van der Waals surface area (Å²) in [5, 5.41) is 10.3. The van der Waals surface area contributed by atoms with Gasteiger partial charge in [0.1, 0.15) is 18.2 Å². The van der Waals surface area contributed by atoms with E-state index in [2.05, 4.69) is 62.3 Å². The van der Waals surface area contributed by atoms with Crippen molar-refractivity contribution in [1.29, 1.82) is 5.26 Å². The van der Waals surface area contributed by atoms with Gasteiger partial charge in [-0.2, -0.15) is 5.26 Å². The van der Waals surface area contributed by atoms with Crippen LogP contribution in [0.3, 0.4) is 0 Å². The third-order valence-electron chi connectivity index (χ3n) is 6.16. The van der Waals surface area contributed by atoms with Crippen molar-refractivity contribution in [3.8, 4) is 22.9 Å². The van der Waals surface area contributed by atoms with Crippen LogP contribution >= 0.6 is 0 Å². The fourth-order valence-electron chi connectivity index (χ4n) is 4.57. The highest BCUT2D eigenvalue weighted by atomic mass is 16.5. The molecule has 5 aromatic rings. The number of nitrogens with one attached hydrogen (secondary N) is 1. The number of hydrogen-bond acceptors (Lipinski definition) is 5.